The molecule has 0 aliphatic rings. The van der Waals surface area contributed by atoms with Gasteiger partial charge < -0.3 is 15.2 Å². The van der Waals surface area contributed by atoms with Crippen molar-refractivity contribution in [2.75, 3.05) is 18.9 Å². The molecule has 0 saturated carbocycles. The zero-order valence-corrected chi connectivity index (χ0v) is 11.8. The first-order chi connectivity index (χ1) is 9.79. The van der Waals surface area contributed by atoms with Gasteiger partial charge in [0.15, 0.2) is 0 Å². The van der Waals surface area contributed by atoms with Crippen molar-refractivity contribution in [3.05, 3.63) is 60.2 Å². The van der Waals surface area contributed by atoms with Crippen LogP contribution in [0.2, 0.25) is 0 Å². The van der Waals surface area contributed by atoms with Crippen molar-refractivity contribution in [3.8, 4) is 5.75 Å². The molecule has 0 aromatic heterocycles. The summed E-state index contributed by atoms with van der Waals surface area (Å²) in [6.07, 6.45) is 1.08. The Hall–Kier alpha value is -2.00. The summed E-state index contributed by atoms with van der Waals surface area (Å²) in [4.78, 5) is 0. The molecular weight excluding hydrogens is 250 g/mol. The van der Waals surface area contributed by atoms with Crippen LogP contribution in [0.15, 0.2) is 54.6 Å². The first kappa shape index (κ1) is 14.4. The monoisotopic (exact) mass is 271 g/mol. The van der Waals surface area contributed by atoms with Gasteiger partial charge >= 0.3 is 0 Å². The van der Waals surface area contributed by atoms with Crippen molar-refractivity contribution < 1.29 is 9.47 Å². The summed E-state index contributed by atoms with van der Waals surface area (Å²) in [5.74, 6) is 0.815. The van der Waals surface area contributed by atoms with Crippen LogP contribution in [-0.2, 0) is 4.74 Å². The molecule has 3 nitrogen and oxygen atoms in total. The Morgan fingerprint density at radius 2 is 1.65 bits per heavy atom. The van der Waals surface area contributed by atoms with Gasteiger partial charge in [0.25, 0.3) is 0 Å². The minimum Gasteiger partial charge on any atom is -0.491 e. The van der Waals surface area contributed by atoms with Crippen LogP contribution in [0.25, 0.3) is 0 Å². The molecular formula is C17H21NO2. The molecule has 2 rings (SSSR count). The van der Waals surface area contributed by atoms with E-state index in [9.17, 15) is 0 Å². The maximum absolute atomic E-state index is 5.87. The van der Waals surface area contributed by atoms with Gasteiger partial charge in [0.2, 0.25) is 0 Å². The lowest BCUT2D eigenvalue weighted by atomic mass is 10.1. The van der Waals surface area contributed by atoms with Crippen LogP contribution in [0.5, 0.6) is 5.75 Å². The topological polar surface area (TPSA) is 44.5 Å². The van der Waals surface area contributed by atoms with E-state index in [0.717, 1.165) is 17.9 Å². The lowest BCUT2D eigenvalue weighted by molar-refractivity contribution is 0.0307. The van der Waals surface area contributed by atoms with E-state index in [0.29, 0.717) is 13.2 Å². The molecule has 0 radical (unpaired) electrons. The van der Waals surface area contributed by atoms with Gasteiger partial charge in [-0.15, -0.1) is 0 Å². The van der Waals surface area contributed by atoms with Gasteiger partial charge in [0.1, 0.15) is 12.4 Å². The zero-order chi connectivity index (χ0) is 14.2. The molecule has 0 heterocycles. The second-order valence-corrected chi connectivity index (χ2v) is 4.60. The standard InChI is InChI=1S/C17H21NO2/c1-2-17(14-6-4-3-5-7-14)20-13-12-19-16-10-8-15(18)9-11-16/h3-11,17H,2,12-13,18H2,1H3. The van der Waals surface area contributed by atoms with Crippen LogP contribution >= 0.6 is 0 Å². The molecule has 0 aliphatic heterocycles. The summed E-state index contributed by atoms with van der Waals surface area (Å²) < 4.78 is 11.5. The maximum Gasteiger partial charge on any atom is 0.119 e. The minimum atomic E-state index is 0.131. The molecule has 3 heteroatoms. The first-order valence-corrected chi connectivity index (χ1v) is 6.94. The summed E-state index contributed by atoms with van der Waals surface area (Å²) in [6.45, 7) is 3.23. The second kappa shape index (κ2) is 7.56. The molecule has 1 atom stereocenters. The fourth-order valence-electron chi connectivity index (χ4n) is 2.03. The third-order valence-electron chi connectivity index (χ3n) is 3.09. The van der Waals surface area contributed by atoms with Crippen LogP contribution in [0, 0.1) is 0 Å². The van der Waals surface area contributed by atoms with Crippen molar-refractivity contribution in [2.45, 2.75) is 19.4 Å². The predicted octanol–water partition coefficient (Wildman–Crippen LogP) is 3.82. The molecule has 0 fully saturated rings. The number of rotatable bonds is 7. The van der Waals surface area contributed by atoms with Crippen LogP contribution < -0.4 is 10.5 Å². The van der Waals surface area contributed by atoms with Gasteiger partial charge in [0.05, 0.1) is 12.7 Å². The van der Waals surface area contributed by atoms with Crippen molar-refractivity contribution in [3.63, 3.8) is 0 Å². The van der Waals surface area contributed by atoms with Crippen molar-refractivity contribution in [1.29, 1.82) is 0 Å². The Bertz CT molecular complexity index is 496. The maximum atomic E-state index is 5.87. The Morgan fingerprint density at radius 3 is 2.30 bits per heavy atom. The summed E-state index contributed by atoms with van der Waals surface area (Å²) in [6, 6.07) is 17.7. The molecule has 2 aromatic carbocycles. The normalized spacial score (nSPS) is 12.1. The summed E-state index contributed by atoms with van der Waals surface area (Å²) in [5, 5.41) is 0. The number of hydrogen-bond donors (Lipinski definition) is 1. The minimum absolute atomic E-state index is 0.131. The van der Waals surface area contributed by atoms with Gasteiger partial charge in [0, 0.05) is 5.69 Å². The lowest BCUT2D eigenvalue weighted by Crippen LogP contribution is -2.11. The van der Waals surface area contributed by atoms with Gasteiger partial charge in [-0.2, -0.15) is 0 Å². The molecule has 0 amide bonds. The van der Waals surface area contributed by atoms with E-state index in [1.165, 1.54) is 5.56 Å². The zero-order valence-electron chi connectivity index (χ0n) is 11.8. The highest BCUT2D eigenvalue weighted by molar-refractivity contribution is 5.41. The number of nitrogens with two attached hydrogens (primary N) is 1. The quantitative estimate of drug-likeness (QED) is 0.615. The number of anilines is 1. The fraction of sp³-hybridized carbons (Fsp3) is 0.294. The highest BCUT2D eigenvalue weighted by Crippen LogP contribution is 2.20. The molecule has 2 aromatic rings. The SMILES string of the molecule is CCC(OCCOc1ccc(N)cc1)c1ccccc1. The van der Waals surface area contributed by atoms with E-state index in [-0.39, 0.29) is 6.10 Å². The van der Waals surface area contributed by atoms with E-state index >= 15 is 0 Å². The number of ether oxygens (including phenoxy) is 2. The van der Waals surface area contributed by atoms with Gasteiger partial charge in [-0.1, -0.05) is 37.3 Å². The average molecular weight is 271 g/mol. The molecule has 1 unspecified atom stereocenters. The predicted molar refractivity (Wildman–Crippen MR) is 81.8 cm³/mol. The van der Waals surface area contributed by atoms with Gasteiger partial charge in [-0.25, -0.2) is 0 Å². The molecule has 0 spiro atoms. The molecule has 0 aliphatic carbocycles. The van der Waals surface area contributed by atoms with Gasteiger partial charge in [-0.3, -0.25) is 0 Å². The summed E-state index contributed by atoms with van der Waals surface area (Å²) in [5.41, 5.74) is 7.57. The molecule has 106 valence electrons. The van der Waals surface area contributed by atoms with E-state index < -0.39 is 0 Å². The van der Waals surface area contributed by atoms with E-state index in [1.807, 2.05) is 42.5 Å². The number of hydrogen-bond acceptors (Lipinski definition) is 3. The highest BCUT2D eigenvalue weighted by atomic mass is 16.5. The molecule has 0 bridgehead atoms. The highest BCUT2D eigenvalue weighted by Gasteiger charge is 2.08. The Balaban J connectivity index is 1.76. The third-order valence-corrected chi connectivity index (χ3v) is 3.09. The fourth-order valence-corrected chi connectivity index (χ4v) is 2.03. The Kier molecular flexibility index (Phi) is 5.44. The largest absolute Gasteiger partial charge is 0.491 e. The van der Waals surface area contributed by atoms with Crippen molar-refractivity contribution >= 4 is 5.69 Å². The van der Waals surface area contributed by atoms with Crippen molar-refractivity contribution in [1.82, 2.24) is 0 Å². The molecule has 0 saturated heterocycles. The third kappa shape index (κ3) is 4.28. The van der Waals surface area contributed by atoms with Crippen LogP contribution in [0.4, 0.5) is 5.69 Å². The van der Waals surface area contributed by atoms with Crippen molar-refractivity contribution in [2.24, 2.45) is 0 Å². The number of nitrogen functional groups attached to an aromatic ring is 1. The second-order valence-electron chi connectivity index (χ2n) is 4.60. The lowest BCUT2D eigenvalue weighted by Gasteiger charge is -2.16. The molecule has 2 N–H and O–H groups in total. The Labute approximate surface area is 120 Å². The van der Waals surface area contributed by atoms with E-state index in [2.05, 4.69) is 19.1 Å². The van der Waals surface area contributed by atoms with E-state index in [1.54, 1.807) is 0 Å². The van der Waals surface area contributed by atoms with Crippen LogP contribution in [0.3, 0.4) is 0 Å². The Morgan fingerprint density at radius 1 is 0.950 bits per heavy atom. The average Bonchev–Trinajstić information content (AvgIpc) is 2.50. The first-order valence-electron chi connectivity index (χ1n) is 6.94. The van der Waals surface area contributed by atoms with Crippen LogP contribution in [-0.4, -0.2) is 13.2 Å². The summed E-state index contributed by atoms with van der Waals surface area (Å²) >= 11 is 0. The number of benzene rings is 2. The van der Waals surface area contributed by atoms with E-state index in [4.69, 9.17) is 15.2 Å². The summed E-state index contributed by atoms with van der Waals surface area (Å²) in [7, 11) is 0. The smallest absolute Gasteiger partial charge is 0.119 e. The molecule has 20 heavy (non-hydrogen) atoms. The van der Waals surface area contributed by atoms with Crippen LogP contribution in [0.1, 0.15) is 25.0 Å². The van der Waals surface area contributed by atoms with Gasteiger partial charge in [-0.05, 0) is 36.2 Å².